The van der Waals surface area contributed by atoms with Gasteiger partial charge in [0, 0.05) is 11.7 Å². The number of hydrogen-bond donors (Lipinski definition) is 2. The molecule has 0 amide bonds. The summed E-state index contributed by atoms with van der Waals surface area (Å²) in [5.74, 6) is 0.294. The van der Waals surface area contributed by atoms with E-state index in [9.17, 15) is 5.11 Å². The fraction of sp³-hybridized carbons (Fsp3) is 0.294. The minimum Gasteiger partial charge on any atom is -0.508 e. The van der Waals surface area contributed by atoms with Gasteiger partial charge in [-0.2, -0.15) is 0 Å². The zero-order valence-corrected chi connectivity index (χ0v) is 11.6. The van der Waals surface area contributed by atoms with Gasteiger partial charge in [-0.05, 0) is 48.7 Å². The van der Waals surface area contributed by atoms with Gasteiger partial charge in [-0.25, -0.2) is 0 Å². The summed E-state index contributed by atoms with van der Waals surface area (Å²) in [6, 6.07) is 16.2. The van der Waals surface area contributed by atoms with Crippen LogP contribution in [-0.2, 0) is 6.42 Å². The Balaban J connectivity index is 2.02. The molecule has 0 fully saturated rings. The molecular weight excluding hydrogens is 234 g/mol. The molecule has 0 aliphatic rings. The van der Waals surface area contributed by atoms with Crippen molar-refractivity contribution in [2.24, 2.45) is 0 Å². The number of phenols is 1. The second-order valence-corrected chi connectivity index (χ2v) is 4.90. The highest BCUT2D eigenvalue weighted by Crippen LogP contribution is 2.21. The Morgan fingerprint density at radius 2 is 1.63 bits per heavy atom. The van der Waals surface area contributed by atoms with Gasteiger partial charge in [0.2, 0.25) is 0 Å². The fourth-order valence-corrected chi connectivity index (χ4v) is 2.15. The molecule has 0 aromatic heterocycles. The summed E-state index contributed by atoms with van der Waals surface area (Å²) in [5.41, 5.74) is 3.68. The number of hydrogen-bond acceptors (Lipinski definition) is 2. The van der Waals surface area contributed by atoms with E-state index in [1.54, 1.807) is 12.1 Å². The molecule has 2 aromatic carbocycles. The van der Waals surface area contributed by atoms with Crippen LogP contribution in [-0.4, -0.2) is 5.11 Å². The minimum absolute atomic E-state index is 0.250. The Hall–Kier alpha value is -1.96. The highest BCUT2D eigenvalue weighted by Gasteiger charge is 2.05. The van der Waals surface area contributed by atoms with Gasteiger partial charge in [0.25, 0.3) is 0 Å². The topological polar surface area (TPSA) is 32.3 Å². The van der Waals surface area contributed by atoms with Crippen LogP contribution in [0.5, 0.6) is 5.75 Å². The standard InChI is InChI=1S/C17H21NO/c1-3-4-14-5-7-15(8-6-14)13(2)18-16-9-11-17(19)12-10-16/h5-13,18-19H,3-4H2,1-2H3. The van der Waals surface area contributed by atoms with Crippen LogP contribution in [0.4, 0.5) is 5.69 Å². The molecule has 19 heavy (non-hydrogen) atoms. The zero-order valence-electron chi connectivity index (χ0n) is 11.6. The summed E-state index contributed by atoms with van der Waals surface area (Å²) in [4.78, 5) is 0. The van der Waals surface area contributed by atoms with E-state index in [1.807, 2.05) is 12.1 Å². The van der Waals surface area contributed by atoms with E-state index in [0.29, 0.717) is 5.75 Å². The summed E-state index contributed by atoms with van der Waals surface area (Å²) in [5, 5.41) is 12.7. The molecule has 2 nitrogen and oxygen atoms in total. The third-order valence-electron chi connectivity index (χ3n) is 3.27. The van der Waals surface area contributed by atoms with Crippen molar-refractivity contribution in [3.05, 3.63) is 59.7 Å². The molecule has 0 saturated carbocycles. The third kappa shape index (κ3) is 3.75. The lowest BCUT2D eigenvalue weighted by molar-refractivity contribution is 0.475. The average Bonchev–Trinajstić information content (AvgIpc) is 2.42. The van der Waals surface area contributed by atoms with Crippen molar-refractivity contribution < 1.29 is 5.11 Å². The van der Waals surface area contributed by atoms with Gasteiger partial charge >= 0.3 is 0 Å². The second-order valence-electron chi connectivity index (χ2n) is 4.90. The Kier molecular flexibility index (Phi) is 4.45. The number of rotatable bonds is 5. The van der Waals surface area contributed by atoms with Crippen molar-refractivity contribution >= 4 is 5.69 Å². The molecule has 0 aliphatic carbocycles. The highest BCUT2D eigenvalue weighted by atomic mass is 16.3. The molecule has 0 heterocycles. The molecule has 1 unspecified atom stereocenters. The van der Waals surface area contributed by atoms with Gasteiger partial charge in [0.15, 0.2) is 0 Å². The summed E-state index contributed by atoms with van der Waals surface area (Å²) < 4.78 is 0. The molecule has 0 saturated heterocycles. The summed E-state index contributed by atoms with van der Waals surface area (Å²) in [7, 11) is 0. The van der Waals surface area contributed by atoms with E-state index in [2.05, 4.69) is 43.4 Å². The maximum Gasteiger partial charge on any atom is 0.115 e. The third-order valence-corrected chi connectivity index (χ3v) is 3.27. The summed E-state index contributed by atoms with van der Waals surface area (Å²) in [6.45, 7) is 4.34. The molecular formula is C17H21NO. The van der Waals surface area contributed by atoms with Crippen molar-refractivity contribution in [1.82, 2.24) is 0 Å². The van der Waals surface area contributed by atoms with Gasteiger partial charge in [0.05, 0.1) is 0 Å². The van der Waals surface area contributed by atoms with E-state index in [-0.39, 0.29) is 6.04 Å². The van der Waals surface area contributed by atoms with Crippen LogP contribution < -0.4 is 5.32 Å². The van der Waals surface area contributed by atoms with E-state index in [4.69, 9.17) is 0 Å². The van der Waals surface area contributed by atoms with Crippen molar-refractivity contribution in [3.8, 4) is 5.75 Å². The first-order valence-corrected chi connectivity index (χ1v) is 6.83. The molecule has 0 radical (unpaired) electrons. The average molecular weight is 255 g/mol. The Morgan fingerprint density at radius 1 is 1.00 bits per heavy atom. The van der Waals surface area contributed by atoms with Gasteiger partial charge < -0.3 is 10.4 Å². The Morgan fingerprint density at radius 3 is 2.21 bits per heavy atom. The summed E-state index contributed by atoms with van der Waals surface area (Å²) in [6.07, 6.45) is 2.32. The predicted molar refractivity (Wildman–Crippen MR) is 80.6 cm³/mol. The molecule has 0 aliphatic heterocycles. The quantitative estimate of drug-likeness (QED) is 0.770. The van der Waals surface area contributed by atoms with Crippen molar-refractivity contribution in [2.75, 3.05) is 5.32 Å². The number of aryl methyl sites for hydroxylation is 1. The lowest BCUT2D eigenvalue weighted by atomic mass is 10.0. The number of anilines is 1. The monoisotopic (exact) mass is 255 g/mol. The normalized spacial score (nSPS) is 12.1. The van der Waals surface area contributed by atoms with Gasteiger partial charge in [-0.15, -0.1) is 0 Å². The lowest BCUT2D eigenvalue weighted by Gasteiger charge is -2.16. The van der Waals surface area contributed by atoms with Crippen molar-refractivity contribution in [1.29, 1.82) is 0 Å². The van der Waals surface area contributed by atoms with E-state index >= 15 is 0 Å². The Labute approximate surface area is 115 Å². The van der Waals surface area contributed by atoms with Crippen LogP contribution in [0.25, 0.3) is 0 Å². The largest absolute Gasteiger partial charge is 0.508 e. The van der Waals surface area contributed by atoms with E-state index < -0.39 is 0 Å². The highest BCUT2D eigenvalue weighted by molar-refractivity contribution is 5.47. The predicted octanol–water partition coefficient (Wildman–Crippen LogP) is 4.52. The van der Waals surface area contributed by atoms with Crippen LogP contribution in [0.2, 0.25) is 0 Å². The fourth-order valence-electron chi connectivity index (χ4n) is 2.15. The Bertz CT molecular complexity index is 502. The molecule has 2 N–H and O–H groups in total. The lowest BCUT2D eigenvalue weighted by Crippen LogP contribution is -2.06. The first-order valence-electron chi connectivity index (χ1n) is 6.83. The molecule has 100 valence electrons. The smallest absolute Gasteiger partial charge is 0.115 e. The zero-order chi connectivity index (χ0) is 13.7. The van der Waals surface area contributed by atoms with Gasteiger partial charge in [-0.3, -0.25) is 0 Å². The molecule has 2 rings (SSSR count). The van der Waals surface area contributed by atoms with Crippen LogP contribution in [0.1, 0.15) is 37.4 Å². The SMILES string of the molecule is CCCc1ccc(C(C)Nc2ccc(O)cc2)cc1. The van der Waals surface area contributed by atoms with Crippen LogP contribution in [0.3, 0.4) is 0 Å². The van der Waals surface area contributed by atoms with Crippen LogP contribution in [0, 0.1) is 0 Å². The number of phenolic OH excluding ortho intramolecular Hbond substituents is 1. The van der Waals surface area contributed by atoms with E-state index in [1.165, 1.54) is 17.5 Å². The first-order chi connectivity index (χ1) is 9.19. The first kappa shape index (κ1) is 13.5. The molecule has 0 bridgehead atoms. The molecule has 2 aromatic rings. The maximum atomic E-state index is 9.26. The second kappa shape index (κ2) is 6.28. The van der Waals surface area contributed by atoms with Crippen LogP contribution in [0.15, 0.2) is 48.5 Å². The molecule has 1 atom stereocenters. The molecule has 2 heteroatoms. The minimum atomic E-state index is 0.250. The van der Waals surface area contributed by atoms with E-state index in [0.717, 1.165) is 12.1 Å². The molecule has 0 spiro atoms. The van der Waals surface area contributed by atoms with Crippen LogP contribution >= 0.6 is 0 Å². The van der Waals surface area contributed by atoms with Gasteiger partial charge in [0.1, 0.15) is 5.75 Å². The maximum absolute atomic E-state index is 9.26. The number of benzene rings is 2. The number of nitrogens with one attached hydrogen (secondary N) is 1. The summed E-state index contributed by atoms with van der Waals surface area (Å²) >= 11 is 0. The van der Waals surface area contributed by atoms with Crippen molar-refractivity contribution in [2.45, 2.75) is 32.7 Å². The number of aromatic hydroxyl groups is 1. The van der Waals surface area contributed by atoms with Gasteiger partial charge in [-0.1, -0.05) is 37.6 Å². The van der Waals surface area contributed by atoms with Crippen molar-refractivity contribution in [3.63, 3.8) is 0 Å².